The highest BCUT2D eigenvalue weighted by molar-refractivity contribution is 4.88. The molecule has 0 aliphatic carbocycles. The maximum atomic E-state index is 2.73. The maximum absolute atomic E-state index is 2.73. The smallest absolute Gasteiger partial charge is 0.0236 e. The molecular weight excluding hydrogens is 234 g/mol. The molecule has 3 nitrogen and oxygen atoms in total. The molecule has 3 heteroatoms. The zero-order valence-electron chi connectivity index (χ0n) is 12.9. The summed E-state index contributed by atoms with van der Waals surface area (Å²) in [5, 5.41) is 0. The maximum Gasteiger partial charge on any atom is 0.0236 e. The normalized spacial score (nSPS) is 27.6. The van der Waals surface area contributed by atoms with Crippen molar-refractivity contribution >= 4 is 0 Å². The molecule has 2 heterocycles. The Morgan fingerprint density at radius 1 is 0.947 bits per heavy atom. The van der Waals surface area contributed by atoms with Gasteiger partial charge < -0.3 is 9.80 Å². The van der Waals surface area contributed by atoms with Gasteiger partial charge in [0.05, 0.1) is 0 Å². The van der Waals surface area contributed by atoms with Gasteiger partial charge in [0.15, 0.2) is 0 Å². The largest absolute Gasteiger partial charge is 0.301 e. The first-order valence-corrected chi connectivity index (χ1v) is 8.17. The first-order chi connectivity index (χ1) is 9.33. The van der Waals surface area contributed by atoms with Crippen molar-refractivity contribution < 1.29 is 0 Å². The van der Waals surface area contributed by atoms with Crippen LogP contribution in [-0.4, -0.2) is 73.1 Å². The van der Waals surface area contributed by atoms with Crippen molar-refractivity contribution in [2.45, 2.75) is 39.2 Å². The average molecular weight is 265 g/mol. The molecule has 2 rings (SSSR count). The summed E-state index contributed by atoms with van der Waals surface area (Å²) in [7, 11) is 0. The molecule has 0 unspecified atom stereocenters. The van der Waals surface area contributed by atoms with E-state index in [2.05, 4.69) is 40.7 Å². The second-order valence-corrected chi connectivity index (χ2v) is 5.88. The highest BCUT2D eigenvalue weighted by Crippen LogP contribution is 2.17. The van der Waals surface area contributed by atoms with E-state index in [1.54, 1.807) is 0 Å². The van der Waals surface area contributed by atoms with Crippen molar-refractivity contribution in [3.8, 4) is 0 Å². The van der Waals surface area contributed by atoms with E-state index in [0.29, 0.717) is 0 Å². The predicted octanol–water partition coefficient (Wildman–Crippen LogP) is 2.05. The van der Waals surface area contributed by atoms with Crippen LogP contribution in [-0.2, 0) is 0 Å². The van der Waals surface area contributed by atoms with Crippen molar-refractivity contribution in [2.24, 2.45) is 0 Å². The van der Waals surface area contributed by atoms with Crippen LogP contribution in [0.5, 0.6) is 0 Å². The van der Waals surface area contributed by atoms with Gasteiger partial charge in [0.25, 0.3) is 0 Å². The highest BCUT2D eigenvalue weighted by Gasteiger charge is 2.29. The third-order valence-corrected chi connectivity index (χ3v) is 4.63. The fraction of sp³-hybridized carbons (Fsp3) is 0.875. The van der Waals surface area contributed by atoms with Crippen LogP contribution in [0.15, 0.2) is 12.2 Å². The van der Waals surface area contributed by atoms with Gasteiger partial charge in [-0.25, -0.2) is 0 Å². The molecular formula is C16H31N3. The number of hydrogen-bond donors (Lipinski definition) is 0. The topological polar surface area (TPSA) is 9.72 Å². The van der Waals surface area contributed by atoms with E-state index in [4.69, 9.17) is 0 Å². The van der Waals surface area contributed by atoms with Gasteiger partial charge in [-0.1, -0.05) is 26.0 Å². The summed E-state index contributed by atoms with van der Waals surface area (Å²) in [5.74, 6) is 0. The predicted molar refractivity (Wildman–Crippen MR) is 82.6 cm³/mol. The van der Waals surface area contributed by atoms with Crippen molar-refractivity contribution in [3.63, 3.8) is 0 Å². The third kappa shape index (κ3) is 4.59. The molecule has 0 radical (unpaired) electrons. The molecule has 2 fully saturated rings. The molecule has 0 spiro atoms. The number of allylic oxidation sites excluding steroid dienone is 1. The van der Waals surface area contributed by atoms with E-state index in [1.165, 1.54) is 71.6 Å². The monoisotopic (exact) mass is 265 g/mol. The van der Waals surface area contributed by atoms with Crippen molar-refractivity contribution in [1.29, 1.82) is 0 Å². The lowest BCUT2D eigenvalue weighted by Gasteiger charge is -2.37. The molecule has 110 valence electrons. The summed E-state index contributed by atoms with van der Waals surface area (Å²) >= 11 is 0. The summed E-state index contributed by atoms with van der Waals surface area (Å²) in [5.41, 5.74) is 0. The first-order valence-electron chi connectivity index (χ1n) is 8.17. The molecule has 2 saturated heterocycles. The first kappa shape index (κ1) is 15.0. The molecule has 0 amide bonds. The van der Waals surface area contributed by atoms with Crippen molar-refractivity contribution in [1.82, 2.24) is 14.7 Å². The van der Waals surface area contributed by atoms with Crippen LogP contribution in [0.1, 0.15) is 33.1 Å². The molecule has 0 aromatic heterocycles. The van der Waals surface area contributed by atoms with Crippen LogP contribution in [0.3, 0.4) is 0 Å². The SMILES string of the molecule is CC/C=C/CCN1CC[C@H](N2CCN(CC)CC2)C1. The minimum Gasteiger partial charge on any atom is -0.301 e. The van der Waals surface area contributed by atoms with Gasteiger partial charge in [-0.15, -0.1) is 0 Å². The molecule has 2 aliphatic heterocycles. The molecule has 19 heavy (non-hydrogen) atoms. The van der Waals surface area contributed by atoms with Crippen LogP contribution in [0.4, 0.5) is 0 Å². The lowest BCUT2D eigenvalue weighted by Crippen LogP contribution is -2.50. The van der Waals surface area contributed by atoms with Gasteiger partial charge in [0.2, 0.25) is 0 Å². The van der Waals surface area contributed by atoms with Crippen LogP contribution in [0, 0.1) is 0 Å². The van der Waals surface area contributed by atoms with Crippen LogP contribution in [0.25, 0.3) is 0 Å². The molecule has 0 aromatic rings. The van der Waals surface area contributed by atoms with E-state index in [9.17, 15) is 0 Å². The highest BCUT2D eigenvalue weighted by atomic mass is 15.3. The van der Waals surface area contributed by atoms with Gasteiger partial charge in [0, 0.05) is 45.3 Å². The zero-order valence-corrected chi connectivity index (χ0v) is 12.9. The lowest BCUT2D eigenvalue weighted by molar-refractivity contribution is 0.101. The summed E-state index contributed by atoms with van der Waals surface area (Å²) < 4.78 is 0. The summed E-state index contributed by atoms with van der Waals surface area (Å²) in [6, 6.07) is 0.828. The fourth-order valence-corrected chi connectivity index (χ4v) is 3.30. The van der Waals surface area contributed by atoms with Gasteiger partial charge in [-0.2, -0.15) is 0 Å². The summed E-state index contributed by atoms with van der Waals surface area (Å²) in [6.45, 7) is 14.7. The Morgan fingerprint density at radius 3 is 2.42 bits per heavy atom. The summed E-state index contributed by atoms with van der Waals surface area (Å²) in [4.78, 5) is 7.95. The Hall–Kier alpha value is -0.380. The number of piperazine rings is 1. The molecule has 0 aromatic carbocycles. The Morgan fingerprint density at radius 2 is 1.74 bits per heavy atom. The number of hydrogen-bond acceptors (Lipinski definition) is 3. The minimum absolute atomic E-state index is 0.828. The number of rotatable bonds is 6. The Balaban J connectivity index is 1.66. The van der Waals surface area contributed by atoms with Gasteiger partial charge in [-0.3, -0.25) is 4.90 Å². The van der Waals surface area contributed by atoms with Gasteiger partial charge in [-0.05, 0) is 32.4 Å². The second kappa shape index (κ2) is 8.03. The van der Waals surface area contributed by atoms with Crippen molar-refractivity contribution in [2.75, 3.05) is 52.4 Å². The van der Waals surface area contributed by atoms with Crippen LogP contribution < -0.4 is 0 Å². The standard InChI is InChI=1S/C16H31N3/c1-3-5-6-7-9-18-10-8-16(15-18)19-13-11-17(4-2)12-14-19/h5-6,16H,3-4,7-15H2,1-2H3/b6-5+/t16-/m0/s1. The lowest BCUT2D eigenvalue weighted by atomic mass is 10.2. The molecule has 1 atom stereocenters. The Bertz CT molecular complexity index is 269. The van der Waals surface area contributed by atoms with E-state index >= 15 is 0 Å². The molecule has 0 saturated carbocycles. The van der Waals surface area contributed by atoms with Crippen LogP contribution in [0.2, 0.25) is 0 Å². The number of nitrogens with zero attached hydrogens (tertiary/aromatic N) is 3. The van der Waals surface area contributed by atoms with Crippen LogP contribution >= 0.6 is 0 Å². The number of likely N-dealkylation sites (tertiary alicyclic amines) is 1. The van der Waals surface area contributed by atoms with Crippen molar-refractivity contribution in [3.05, 3.63) is 12.2 Å². The van der Waals surface area contributed by atoms with E-state index < -0.39 is 0 Å². The van der Waals surface area contributed by atoms with E-state index in [1.807, 2.05) is 0 Å². The fourth-order valence-electron chi connectivity index (χ4n) is 3.30. The Labute approximate surface area is 119 Å². The summed E-state index contributed by atoms with van der Waals surface area (Å²) in [6.07, 6.45) is 8.41. The number of likely N-dealkylation sites (N-methyl/N-ethyl adjacent to an activating group) is 1. The van der Waals surface area contributed by atoms with E-state index in [0.717, 1.165) is 6.04 Å². The van der Waals surface area contributed by atoms with Gasteiger partial charge in [0.1, 0.15) is 0 Å². The molecule has 0 N–H and O–H groups in total. The average Bonchev–Trinajstić information content (AvgIpc) is 2.92. The van der Waals surface area contributed by atoms with E-state index in [-0.39, 0.29) is 0 Å². The van der Waals surface area contributed by atoms with Gasteiger partial charge >= 0.3 is 0 Å². The molecule has 0 bridgehead atoms. The zero-order chi connectivity index (χ0) is 13.5. The minimum atomic E-state index is 0.828. The Kier molecular flexibility index (Phi) is 6.35. The second-order valence-electron chi connectivity index (χ2n) is 5.88. The third-order valence-electron chi connectivity index (χ3n) is 4.63. The molecule has 2 aliphatic rings. The quantitative estimate of drug-likeness (QED) is 0.681.